The summed E-state index contributed by atoms with van der Waals surface area (Å²) in [7, 11) is 0. The van der Waals surface area contributed by atoms with Crippen LogP contribution in [0.3, 0.4) is 0 Å². The average Bonchev–Trinajstić information content (AvgIpc) is 3.24. The number of nitrogens with zero attached hydrogens (tertiary/aromatic N) is 3. The van der Waals surface area contributed by atoms with Gasteiger partial charge in [0.2, 0.25) is 0 Å². The zero-order valence-electron chi connectivity index (χ0n) is 30.9. The molecule has 0 fully saturated rings. The minimum absolute atomic E-state index is 0.118. The van der Waals surface area contributed by atoms with E-state index in [9.17, 15) is 0 Å². The van der Waals surface area contributed by atoms with Crippen molar-refractivity contribution in [2.24, 2.45) is 0 Å². The summed E-state index contributed by atoms with van der Waals surface area (Å²) < 4.78 is 0. The fraction of sp³-hybridized carbons (Fsp3) is 0.0612. The molecular weight excluding hydrogens is 738 g/mol. The summed E-state index contributed by atoms with van der Waals surface area (Å²) in [4.78, 5) is 15.4. The monoisotopic (exact) mass is 771 g/mol. The molecule has 0 bridgehead atoms. The maximum atomic E-state index is 2.59. The number of para-hydroxylation sites is 5. The molecule has 0 saturated carbocycles. The van der Waals surface area contributed by atoms with Gasteiger partial charge in [-0.25, -0.2) is 0 Å². The molecule has 5 heterocycles. The second kappa shape index (κ2) is 12.5. The molecule has 0 atom stereocenters. The van der Waals surface area contributed by atoms with Crippen LogP contribution < -0.4 is 31.1 Å². The highest BCUT2D eigenvalue weighted by Crippen LogP contribution is 2.56. The van der Waals surface area contributed by atoms with Crippen molar-refractivity contribution in [1.29, 1.82) is 0 Å². The van der Waals surface area contributed by atoms with Crippen LogP contribution in [0.5, 0.6) is 0 Å². The highest BCUT2D eigenvalue weighted by molar-refractivity contribution is 8.03. The van der Waals surface area contributed by atoms with Gasteiger partial charge in [-0.15, -0.1) is 0 Å². The van der Waals surface area contributed by atoms with Gasteiger partial charge in [-0.3, -0.25) is 0 Å². The lowest BCUT2D eigenvalue weighted by Gasteiger charge is -2.48. The Balaban J connectivity index is 1.10. The van der Waals surface area contributed by atoms with E-state index in [2.05, 4.69) is 186 Å². The molecule has 3 nitrogen and oxygen atoms in total. The molecule has 12 rings (SSSR count). The summed E-state index contributed by atoms with van der Waals surface area (Å²) in [6, 6.07) is 54.5. The Bertz CT molecular complexity index is 2840. The maximum Gasteiger partial charge on any atom is 0.252 e. The largest absolute Gasteiger partial charge is 0.309 e. The van der Waals surface area contributed by atoms with Gasteiger partial charge < -0.3 is 14.7 Å². The topological polar surface area (TPSA) is 9.72 Å². The molecule has 5 aliphatic heterocycles. The summed E-state index contributed by atoms with van der Waals surface area (Å²) in [5, 5.41) is 0. The second-order valence-electron chi connectivity index (χ2n) is 14.8. The van der Waals surface area contributed by atoms with E-state index in [0.29, 0.717) is 0 Å². The Morgan fingerprint density at radius 1 is 0.500 bits per heavy atom. The summed E-state index contributed by atoms with van der Waals surface area (Å²) in [6.45, 7) is 4.62. The van der Waals surface area contributed by atoms with E-state index in [1.165, 1.54) is 102 Å². The van der Waals surface area contributed by atoms with Crippen LogP contribution in [0.2, 0.25) is 0 Å². The Kier molecular flexibility index (Phi) is 7.32. The number of anilines is 8. The zero-order valence-corrected chi connectivity index (χ0v) is 33.3. The van der Waals surface area contributed by atoms with E-state index in [0.717, 1.165) is 12.1 Å². The Labute approximate surface area is 340 Å². The van der Waals surface area contributed by atoms with Gasteiger partial charge in [0.15, 0.2) is 0 Å². The van der Waals surface area contributed by atoms with Gasteiger partial charge in [-0.05, 0) is 120 Å². The van der Waals surface area contributed by atoms with E-state index < -0.39 is 0 Å². The van der Waals surface area contributed by atoms with E-state index in [-0.39, 0.29) is 6.71 Å². The first-order valence-electron chi connectivity index (χ1n) is 19.3. The molecular formula is C49H34BN3S3. The first-order chi connectivity index (χ1) is 27.7. The Morgan fingerprint density at radius 3 is 1.64 bits per heavy atom. The van der Waals surface area contributed by atoms with E-state index in [1.807, 2.05) is 35.3 Å². The standard InChI is InChI=1S/C49H34BN3S3/c1-3-4-15-36-30(2)54-45-22-11-13-34-48(45)52(36)40-28-32(29-41-47(40)50(34)35-14-12-23-46-49(35)53(41)39-18-7-10-21-44(39)56-46)31-24-26-33(27-25-31)51-37-16-5-8-19-42(37)55-43-20-9-6-17-38(43)51/h4-29H,3H2,1-2H3/b15-4-. The molecule has 0 aliphatic carbocycles. The van der Waals surface area contributed by atoms with Gasteiger partial charge in [-0.2, -0.15) is 0 Å². The normalized spacial score (nSPS) is 15.2. The van der Waals surface area contributed by atoms with Crippen LogP contribution in [0.15, 0.2) is 193 Å². The number of benzene rings is 7. The number of rotatable bonds is 4. The third-order valence-electron chi connectivity index (χ3n) is 11.6. The van der Waals surface area contributed by atoms with Gasteiger partial charge >= 0.3 is 0 Å². The van der Waals surface area contributed by atoms with Crippen LogP contribution in [0, 0.1) is 0 Å². The van der Waals surface area contributed by atoms with Gasteiger partial charge in [0.05, 0.1) is 34.1 Å². The molecule has 0 amide bonds. The highest BCUT2D eigenvalue weighted by atomic mass is 32.2. The first-order valence-corrected chi connectivity index (χ1v) is 21.7. The Hall–Kier alpha value is -5.47. The molecule has 0 aromatic heterocycles. The third kappa shape index (κ3) is 4.65. The SMILES string of the molecule is CC/C=C\C1=C(C)Sc2cccc3c2N1c1cc(-c2ccc(N4c5ccccc5Sc5ccccc54)cc2)cc2c1B3c1cccc3c1N2c1ccccc1S3. The summed E-state index contributed by atoms with van der Waals surface area (Å²) in [5.41, 5.74) is 17.8. The van der Waals surface area contributed by atoms with Crippen LogP contribution in [-0.4, -0.2) is 6.71 Å². The van der Waals surface area contributed by atoms with Crippen molar-refractivity contribution in [3.63, 3.8) is 0 Å². The third-order valence-corrected chi connectivity index (χ3v) is 14.9. The van der Waals surface area contributed by atoms with Crippen molar-refractivity contribution in [1.82, 2.24) is 0 Å². The summed E-state index contributed by atoms with van der Waals surface area (Å²) >= 11 is 5.65. The molecule has 7 aromatic rings. The Morgan fingerprint density at radius 2 is 1.02 bits per heavy atom. The van der Waals surface area contributed by atoms with Crippen molar-refractivity contribution in [2.45, 2.75) is 44.7 Å². The lowest BCUT2D eigenvalue weighted by molar-refractivity contribution is 1.12. The van der Waals surface area contributed by atoms with E-state index in [1.54, 1.807) is 0 Å². The van der Waals surface area contributed by atoms with Crippen LogP contribution in [0.4, 0.5) is 45.5 Å². The predicted molar refractivity (Wildman–Crippen MR) is 241 cm³/mol. The van der Waals surface area contributed by atoms with E-state index >= 15 is 0 Å². The number of allylic oxidation sites excluding steroid dienone is 3. The minimum Gasteiger partial charge on any atom is -0.309 e. The molecule has 7 aromatic carbocycles. The molecule has 0 saturated heterocycles. The molecule has 7 heteroatoms. The lowest BCUT2D eigenvalue weighted by Crippen LogP contribution is -2.62. The second-order valence-corrected chi connectivity index (χ2v) is 18.2. The molecule has 266 valence electrons. The van der Waals surface area contributed by atoms with Gasteiger partial charge in [0, 0.05) is 46.4 Å². The molecule has 0 unspecified atom stereocenters. The van der Waals surface area contributed by atoms with Crippen molar-refractivity contribution >= 4 is 104 Å². The van der Waals surface area contributed by atoms with Crippen LogP contribution >= 0.6 is 35.3 Å². The molecule has 0 spiro atoms. The number of thioether (sulfide) groups is 1. The quantitative estimate of drug-likeness (QED) is 0.164. The van der Waals surface area contributed by atoms with Gasteiger partial charge in [0.25, 0.3) is 6.71 Å². The van der Waals surface area contributed by atoms with Crippen molar-refractivity contribution in [2.75, 3.05) is 14.7 Å². The summed E-state index contributed by atoms with van der Waals surface area (Å²) in [5.74, 6) is 0. The van der Waals surface area contributed by atoms with E-state index in [4.69, 9.17) is 0 Å². The zero-order chi connectivity index (χ0) is 37.1. The smallest absolute Gasteiger partial charge is 0.252 e. The van der Waals surface area contributed by atoms with Crippen LogP contribution in [-0.2, 0) is 0 Å². The minimum atomic E-state index is 0.118. The maximum absolute atomic E-state index is 2.59. The van der Waals surface area contributed by atoms with Crippen molar-refractivity contribution in [3.8, 4) is 11.1 Å². The molecule has 0 N–H and O–H groups in total. The van der Waals surface area contributed by atoms with Crippen molar-refractivity contribution < 1.29 is 0 Å². The van der Waals surface area contributed by atoms with Gasteiger partial charge in [-0.1, -0.05) is 121 Å². The fourth-order valence-electron chi connectivity index (χ4n) is 9.29. The molecule has 5 aliphatic rings. The van der Waals surface area contributed by atoms with Crippen LogP contribution in [0.1, 0.15) is 20.3 Å². The average molecular weight is 772 g/mol. The molecule has 56 heavy (non-hydrogen) atoms. The predicted octanol–water partition coefficient (Wildman–Crippen LogP) is 12.8. The number of hydrogen-bond donors (Lipinski definition) is 0. The van der Waals surface area contributed by atoms with Gasteiger partial charge in [0.1, 0.15) is 0 Å². The van der Waals surface area contributed by atoms with Crippen LogP contribution in [0.25, 0.3) is 11.1 Å². The first kappa shape index (κ1) is 32.7. The number of fused-ring (bicyclic) bond motifs is 8. The summed E-state index contributed by atoms with van der Waals surface area (Å²) in [6.07, 6.45) is 5.65. The van der Waals surface area contributed by atoms with Crippen molar-refractivity contribution in [3.05, 3.63) is 168 Å². The number of hydrogen-bond acceptors (Lipinski definition) is 6. The fourth-order valence-corrected chi connectivity index (χ4v) is 12.5. The molecule has 0 radical (unpaired) electrons. The lowest BCUT2D eigenvalue weighted by atomic mass is 9.33. The highest BCUT2D eigenvalue weighted by Gasteiger charge is 2.47.